The number of rotatable bonds is 7. The highest BCUT2D eigenvalue weighted by Gasteiger charge is 2.34. The Bertz CT molecular complexity index is 1300. The average Bonchev–Trinajstić information content (AvgIpc) is 3.39. The van der Waals surface area contributed by atoms with Crippen LogP contribution < -0.4 is 10.1 Å². The molecule has 1 aliphatic rings. The summed E-state index contributed by atoms with van der Waals surface area (Å²) in [5.74, 6) is -1.17. The van der Waals surface area contributed by atoms with Crippen molar-refractivity contribution in [2.24, 2.45) is 0 Å². The summed E-state index contributed by atoms with van der Waals surface area (Å²) >= 11 is 6.11. The molecule has 1 saturated heterocycles. The van der Waals surface area contributed by atoms with E-state index >= 15 is 0 Å². The van der Waals surface area contributed by atoms with Gasteiger partial charge in [-0.25, -0.2) is 14.0 Å². The predicted octanol–water partition coefficient (Wildman–Crippen LogP) is 4.53. The molecule has 1 N–H and O–H groups in total. The van der Waals surface area contributed by atoms with Gasteiger partial charge in [-0.2, -0.15) is 0 Å². The van der Waals surface area contributed by atoms with Crippen molar-refractivity contribution in [3.05, 3.63) is 93.8 Å². The zero-order valence-corrected chi connectivity index (χ0v) is 18.6. The first-order valence-electron chi connectivity index (χ1n) is 10.0. The smallest absolute Gasteiger partial charge is 0.373 e. The summed E-state index contributed by atoms with van der Waals surface area (Å²) in [6, 6.07) is 13.1. The second-order valence-corrected chi connectivity index (χ2v) is 7.64. The molecule has 2 aromatic carbocycles. The fraction of sp³-hybridized carbons (Fsp3) is 0.125. The van der Waals surface area contributed by atoms with Crippen molar-refractivity contribution < 1.29 is 32.7 Å². The molecule has 1 aliphatic heterocycles. The van der Waals surface area contributed by atoms with E-state index in [1.807, 2.05) is 0 Å². The number of urea groups is 1. The molecule has 2 heterocycles. The minimum absolute atomic E-state index is 0.0113. The van der Waals surface area contributed by atoms with Gasteiger partial charge in [0.2, 0.25) is 5.76 Å². The molecule has 0 saturated carbocycles. The Morgan fingerprint density at radius 2 is 1.97 bits per heavy atom. The van der Waals surface area contributed by atoms with Crippen molar-refractivity contribution >= 4 is 35.6 Å². The largest absolute Gasteiger partial charge is 0.488 e. The van der Waals surface area contributed by atoms with E-state index in [1.54, 1.807) is 36.4 Å². The maximum absolute atomic E-state index is 13.9. The van der Waals surface area contributed by atoms with E-state index < -0.39 is 23.7 Å². The van der Waals surface area contributed by atoms with Crippen LogP contribution in [0.15, 0.2) is 64.7 Å². The Kier molecular flexibility index (Phi) is 6.65. The lowest BCUT2D eigenvalue weighted by molar-refractivity contribution is -0.123. The summed E-state index contributed by atoms with van der Waals surface area (Å²) in [5, 5.41) is 2.88. The van der Waals surface area contributed by atoms with Crippen molar-refractivity contribution in [3.63, 3.8) is 0 Å². The summed E-state index contributed by atoms with van der Waals surface area (Å²) in [6.07, 6.45) is 1.42. The summed E-state index contributed by atoms with van der Waals surface area (Å²) < 4.78 is 29.6. The lowest BCUT2D eigenvalue weighted by Crippen LogP contribution is -2.30. The van der Waals surface area contributed by atoms with Gasteiger partial charge in [0.1, 0.15) is 29.6 Å². The van der Waals surface area contributed by atoms with Crippen molar-refractivity contribution in [1.29, 1.82) is 0 Å². The van der Waals surface area contributed by atoms with Crippen molar-refractivity contribution in [2.75, 3.05) is 7.11 Å². The molecule has 0 bridgehead atoms. The number of hydrogen-bond acceptors (Lipinski definition) is 6. The van der Waals surface area contributed by atoms with Gasteiger partial charge < -0.3 is 19.2 Å². The number of benzene rings is 2. The third-order valence-corrected chi connectivity index (χ3v) is 5.17. The molecule has 0 aliphatic carbocycles. The minimum atomic E-state index is -0.673. The number of imide groups is 1. The second kappa shape index (κ2) is 9.80. The summed E-state index contributed by atoms with van der Waals surface area (Å²) in [7, 11) is 1.21. The summed E-state index contributed by atoms with van der Waals surface area (Å²) in [6.45, 7) is -0.233. The highest BCUT2D eigenvalue weighted by Crippen LogP contribution is 2.28. The highest BCUT2D eigenvalue weighted by molar-refractivity contribution is 6.30. The first-order valence-corrected chi connectivity index (χ1v) is 10.4. The van der Waals surface area contributed by atoms with E-state index in [1.165, 1.54) is 31.4 Å². The molecule has 0 unspecified atom stereocenters. The van der Waals surface area contributed by atoms with E-state index in [0.29, 0.717) is 21.9 Å². The maximum Gasteiger partial charge on any atom is 0.373 e. The number of nitrogens with zero attached hydrogens (tertiary/aromatic N) is 1. The monoisotopic (exact) mass is 484 g/mol. The van der Waals surface area contributed by atoms with E-state index in [2.05, 4.69) is 10.1 Å². The predicted molar refractivity (Wildman–Crippen MR) is 119 cm³/mol. The Morgan fingerprint density at radius 1 is 1.18 bits per heavy atom. The van der Waals surface area contributed by atoms with Crippen LogP contribution in [0.2, 0.25) is 5.02 Å². The van der Waals surface area contributed by atoms with E-state index in [-0.39, 0.29) is 30.4 Å². The van der Waals surface area contributed by atoms with Crippen LogP contribution in [0.3, 0.4) is 0 Å². The number of nitrogens with one attached hydrogen (secondary N) is 1. The van der Waals surface area contributed by atoms with Crippen LogP contribution >= 0.6 is 11.6 Å². The van der Waals surface area contributed by atoms with Crippen molar-refractivity contribution in [3.8, 4) is 5.75 Å². The normalized spacial score (nSPS) is 14.4. The lowest BCUT2D eigenvalue weighted by atomic mass is 10.1. The first kappa shape index (κ1) is 23.1. The first-order chi connectivity index (χ1) is 16.4. The van der Waals surface area contributed by atoms with Crippen LogP contribution in [0.25, 0.3) is 6.08 Å². The van der Waals surface area contributed by atoms with Crippen LogP contribution in [0.4, 0.5) is 9.18 Å². The molecule has 1 aromatic heterocycles. The molecule has 8 nitrogen and oxygen atoms in total. The molecule has 3 amide bonds. The Hall–Kier alpha value is -4.11. The van der Waals surface area contributed by atoms with E-state index in [9.17, 15) is 18.8 Å². The van der Waals surface area contributed by atoms with Gasteiger partial charge in [-0.1, -0.05) is 29.8 Å². The molecular formula is C24H18ClFN2O6. The highest BCUT2D eigenvalue weighted by atomic mass is 35.5. The number of furan rings is 1. The van der Waals surface area contributed by atoms with Crippen LogP contribution in [0.5, 0.6) is 5.75 Å². The number of carbonyl (C=O) groups excluding carboxylic acids is 3. The number of halogens is 2. The van der Waals surface area contributed by atoms with Gasteiger partial charge in [-0.3, -0.25) is 9.69 Å². The van der Waals surface area contributed by atoms with E-state index in [0.717, 1.165) is 4.90 Å². The fourth-order valence-corrected chi connectivity index (χ4v) is 3.41. The molecule has 0 radical (unpaired) electrons. The van der Waals surface area contributed by atoms with Crippen molar-refractivity contribution in [2.45, 2.75) is 13.2 Å². The number of carbonyl (C=O) groups is 3. The molecule has 3 aromatic rings. The van der Waals surface area contributed by atoms with Gasteiger partial charge in [0, 0.05) is 16.1 Å². The minimum Gasteiger partial charge on any atom is -0.488 e. The van der Waals surface area contributed by atoms with Crippen LogP contribution in [-0.4, -0.2) is 29.9 Å². The molecule has 34 heavy (non-hydrogen) atoms. The quantitative estimate of drug-likeness (QED) is 0.300. The summed E-state index contributed by atoms with van der Waals surface area (Å²) in [5.41, 5.74) is 0.764. The zero-order valence-electron chi connectivity index (χ0n) is 17.8. The number of hydrogen-bond donors (Lipinski definition) is 1. The van der Waals surface area contributed by atoms with Crippen molar-refractivity contribution in [1.82, 2.24) is 10.2 Å². The van der Waals surface area contributed by atoms with Crippen LogP contribution in [0, 0.1) is 5.82 Å². The molecule has 4 rings (SSSR count). The Labute approximate surface area is 198 Å². The van der Waals surface area contributed by atoms with Crippen LogP contribution in [-0.2, 0) is 22.7 Å². The van der Waals surface area contributed by atoms with Gasteiger partial charge in [-0.05, 0) is 42.5 Å². The number of ether oxygens (including phenoxy) is 2. The van der Waals surface area contributed by atoms with Crippen LogP contribution in [0.1, 0.15) is 27.4 Å². The number of methoxy groups -OCH3 is 1. The molecular weight excluding hydrogens is 467 g/mol. The maximum atomic E-state index is 13.9. The third-order valence-electron chi connectivity index (χ3n) is 4.94. The fourth-order valence-electron chi connectivity index (χ4n) is 3.23. The molecule has 1 fully saturated rings. The zero-order chi connectivity index (χ0) is 24.2. The molecule has 0 spiro atoms. The second-order valence-electron chi connectivity index (χ2n) is 7.20. The summed E-state index contributed by atoms with van der Waals surface area (Å²) in [4.78, 5) is 37.7. The van der Waals surface area contributed by atoms with Gasteiger partial charge in [0.15, 0.2) is 0 Å². The third kappa shape index (κ3) is 4.94. The number of amides is 3. The van der Waals surface area contributed by atoms with Gasteiger partial charge in [-0.15, -0.1) is 0 Å². The molecule has 174 valence electrons. The standard InChI is InChI=1S/C24H18ClFN2O6/c1-32-23(30)21-9-7-17(34-21)12-28-22(29)19(27-24(28)31)11-15-10-16(25)6-8-20(15)33-13-14-4-2-3-5-18(14)26/h2-11H,12-13H2,1H3,(H,27,31). The Morgan fingerprint density at radius 3 is 2.74 bits per heavy atom. The Balaban J connectivity index is 1.53. The van der Waals surface area contributed by atoms with Gasteiger partial charge in [0.05, 0.1) is 13.7 Å². The lowest BCUT2D eigenvalue weighted by Gasteiger charge is -2.11. The van der Waals surface area contributed by atoms with Gasteiger partial charge in [0.25, 0.3) is 5.91 Å². The molecule has 10 heteroatoms. The SMILES string of the molecule is COC(=O)c1ccc(CN2C(=O)NC(=Cc3cc(Cl)ccc3OCc3ccccc3F)C2=O)o1. The average molecular weight is 485 g/mol. The van der Waals surface area contributed by atoms with E-state index in [4.69, 9.17) is 20.8 Å². The molecule has 0 atom stereocenters. The number of esters is 1. The topological polar surface area (TPSA) is 98.1 Å². The van der Waals surface area contributed by atoms with Gasteiger partial charge >= 0.3 is 12.0 Å².